The minimum atomic E-state index is -0.704. The number of hydrogen-bond acceptors (Lipinski definition) is 11. The van der Waals surface area contributed by atoms with Gasteiger partial charge in [-0.1, -0.05) is 84.9 Å². The second-order valence-electron chi connectivity index (χ2n) is 15.0. The molecule has 0 saturated carbocycles. The molecule has 62 heavy (non-hydrogen) atoms. The van der Waals surface area contributed by atoms with E-state index < -0.39 is 6.04 Å². The monoisotopic (exact) mass is 857 g/mol. The summed E-state index contributed by atoms with van der Waals surface area (Å²) >= 11 is 0. The van der Waals surface area contributed by atoms with Gasteiger partial charge in [0.05, 0.1) is 92.5 Å². The van der Waals surface area contributed by atoms with Crippen LogP contribution in [0.5, 0.6) is 0 Å². The van der Waals surface area contributed by atoms with Gasteiger partial charge in [0.15, 0.2) is 0 Å². The van der Waals surface area contributed by atoms with Crippen LogP contribution in [0.4, 0.5) is 0 Å². The number of methoxy groups -OCH3 is 2. The van der Waals surface area contributed by atoms with Gasteiger partial charge in [0.2, 0.25) is 11.8 Å². The highest BCUT2D eigenvalue weighted by molar-refractivity contribution is 6.23. The lowest BCUT2D eigenvalue weighted by Crippen LogP contribution is -2.48. The molecule has 0 aliphatic carbocycles. The summed E-state index contributed by atoms with van der Waals surface area (Å²) in [6, 6.07) is 28.6. The van der Waals surface area contributed by atoms with Gasteiger partial charge in [-0.15, -0.1) is 0 Å². The van der Waals surface area contributed by atoms with Crippen molar-refractivity contribution in [2.75, 3.05) is 133 Å². The summed E-state index contributed by atoms with van der Waals surface area (Å²) in [5.41, 5.74) is 2.20. The van der Waals surface area contributed by atoms with E-state index in [1.807, 2.05) is 30.3 Å². The van der Waals surface area contributed by atoms with E-state index in [-0.39, 0.29) is 11.8 Å². The molecular weight excluding hydrogens is 791 g/mol. The minimum absolute atomic E-state index is 0.141. The first kappa shape index (κ1) is 48.7. The molecule has 5 aromatic carbocycles. The van der Waals surface area contributed by atoms with Crippen molar-refractivity contribution in [3.05, 3.63) is 96.1 Å². The molecule has 0 spiro atoms. The molecule has 0 aromatic heterocycles. The summed E-state index contributed by atoms with van der Waals surface area (Å²) in [6.45, 7) is 9.65. The number of hydrogen-bond donors (Lipinski definition) is 2. The fraction of sp³-hybridized carbons (Fsp3) is 0.510. The number of amides is 2. The van der Waals surface area contributed by atoms with E-state index >= 15 is 0 Å². The average Bonchev–Trinajstić information content (AvgIpc) is 3.29. The normalized spacial score (nSPS) is 12.2. The number of carbonyl (C=O) groups excluding carboxylic acids is 2. The molecule has 0 radical (unpaired) electrons. The Balaban J connectivity index is 0.985. The molecule has 1 atom stereocenters. The number of benzene rings is 5. The van der Waals surface area contributed by atoms with Crippen LogP contribution in [-0.4, -0.2) is 156 Å². The lowest BCUT2D eigenvalue weighted by atomic mass is 9.90. The molecule has 0 unspecified atom stereocenters. The highest BCUT2D eigenvalue weighted by atomic mass is 16.5. The number of rotatable bonds is 35. The number of carbonyl (C=O) groups is 2. The minimum Gasteiger partial charge on any atom is -0.382 e. The standard InChI is InChI=1S/C49H67N3O10/c1-55-28-30-61-36-34-59-26-22-52(23-27-60-35-37-62-31-29-56-2)21-25-58-33-32-57-24-20-50-49(54)45(38-39-8-4-3-5-9-39)51-46(53)13-7-10-40-14-15-43-17-16-41-11-6-12-42-18-19-44(40)48(43)47(41)42/h3-6,8-9,11-12,14-19,45H,7,10,13,20-38H2,1-2H3,(H,50,54)(H,51,53)/t45-/m0/s1. The van der Waals surface area contributed by atoms with Crippen molar-refractivity contribution in [2.45, 2.75) is 31.7 Å². The van der Waals surface area contributed by atoms with Gasteiger partial charge in [-0.25, -0.2) is 0 Å². The molecular formula is C49H67N3O10. The Hall–Kier alpha value is -4.28. The van der Waals surface area contributed by atoms with Crippen molar-refractivity contribution in [3.8, 4) is 0 Å². The molecule has 0 heterocycles. The molecule has 0 bridgehead atoms. The highest BCUT2D eigenvalue weighted by Gasteiger charge is 2.21. The summed E-state index contributed by atoms with van der Waals surface area (Å²) in [5, 5.41) is 13.5. The first-order valence-electron chi connectivity index (χ1n) is 22.0. The topological polar surface area (TPSA) is 135 Å². The van der Waals surface area contributed by atoms with E-state index in [1.165, 1.54) is 37.9 Å². The highest BCUT2D eigenvalue weighted by Crippen LogP contribution is 2.36. The van der Waals surface area contributed by atoms with Crippen molar-refractivity contribution < 1.29 is 47.5 Å². The summed E-state index contributed by atoms with van der Waals surface area (Å²) < 4.78 is 44.1. The third kappa shape index (κ3) is 17.1. The zero-order chi connectivity index (χ0) is 43.5. The van der Waals surface area contributed by atoms with E-state index in [0.29, 0.717) is 125 Å². The van der Waals surface area contributed by atoms with Gasteiger partial charge in [0.25, 0.3) is 0 Å². The first-order chi connectivity index (χ1) is 30.6. The number of ether oxygens (including phenoxy) is 8. The lowest BCUT2D eigenvalue weighted by Gasteiger charge is -2.22. The maximum atomic E-state index is 13.4. The molecule has 2 N–H and O–H groups in total. The maximum Gasteiger partial charge on any atom is 0.243 e. The van der Waals surface area contributed by atoms with Gasteiger partial charge < -0.3 is 48.5 Å². The van der Waals surface area contributed by atoms with Crippen LogP contribution < -0.4 is 10.6 Å². The summed E-state index contributed by atoms with van der Waals surface area (Å²) in [4.78, 5) is 28.9. The Morgan fingerprint density at radius 3 is 1.66 bits per heavy atom. The fourth-order valence-corrected chi connectivity index (χ4v) is 7.32. The SMILES string of the molecule is COCCOCCOCCN(CCOCCOCCNC(=O)[C@H](Cc1ccccc1)NC(=O)CCCc1ccc2ccc3cccc4ccc1c2c34)CCOCCOCCOC. The summed E-state index contributed by atoms with van der Waals surface area (Å²) in [5.74, 6) is -0.378. The number of aryl methyl sites for hydroxylation is 1. The molecule has 5 aromatic rings. The average molecular weight is 858 g/mol. The molecule has 13 heteroatoms. The van der Waals surface area contributed by atoms with E-state index in [9.17, 15) is 9.59 Å². The zero-order valence-corrected chi connectivity index (χ0v) is 36.7. The fourth-order valence-electron chi connectivity index (χ4n) is 7.32. The Morgan fingerprint density at radius 1 is 0.548 bits per heavy atom. The van der Waals surface area contributed by atoms with E-state index in [1.54, 1.807) is 14.2 Å². The molecule has 0 aliphatic heterocycles. The van der Waals surface area contributed by atoms with Gasteiger partial charge in [0, 0.05) is 53.2 Å². The maximum absolute atomic E-state index is 13.4. The second kappa shape index (κ2) is 29.2. The van der Waals surface area contributed by atoms with Crippen molar-refractivity contribution in [3.63, 3.8) is 0 Å². The molecule has 13 nitrogen and oxygen atoms in total. The largest absolute Gasteiger partial charge is 0.382 e. The number of nitrogens with zero attached hydrogens (tertiary/aromatic N) is 1. The van der Waals surface area contributed by atoms with Gasteiger partial charge in [-0.05, 0) is 56.3 Å². The second-order valence-corrected chi connectivity index (χ2v) is 15.0. The first-order valence-corrected chi connectivity index (χ1v) is 22.0. The smallest absolute Gasteiger partial charge is 0.243 e. The summed E-state index contributed by atoms with van der Waals surface area (Å²) in [7, 11) is 3.30. The Bertz CT molecular complexity index is 1950. The van der Waals surface area contributed by atoms with Gasteiger partial charge in [-0.3, -0.25) is 14.5 Å². The van der Waals surface area contributed by atoms with Gasteiger partial charge >= 0.3 is 0 Å². The molecule has 0 fully saturated rings. The van der Waals surface area contributed by atoms with Crippen LogP contribution in [0.25, 0.3) is 32.3 Å². The Labute approximate surface area is 366 Å². The third-order valence-corrected chi connectivity index (χ3v) is 10.6. The van der Waals surface area contributed by atoms with Crippen LogP contribution in [0, 0.1) is 0 Å². The number of nitrogens with one attached hydrogen (secondary N) is 2. The Morgan fingerprint density at radius 2 is 1.06 bits per heavy atom. The quantitative estimate of drug-likeness (QED) is 0.0399. The molecule has 0 saturated heterocycles. The van der Waals surface area contributed by atoms with Gasteiger partial charge in [-0.2, -0.15) is 0 Å². The van der Waals surface area contributed by atoms with Gasteiger partial charge in [0.1, 0.15) is 6.04 Å². The predicted octanol–water partition coefficient (Wildman–Crippen LogP) is 5.44. The van der Waals surface area contributed by atoms with Crippen LogP contribution in [-0.2, 0) is 60.3 Å². The van der Waals surface area contributed by atoms with E-state index in [4.69, 9.17) is 37.9 Å². The van der Waals surface area contributed by atoms with Crippen molar-refractivity contribution in [1.82, 2.24) is 15.5 Å². The van der Waals surface area contributed by atoms with E-state index in [0.717, 1.165) is 25.1 Å². The van der Waals surface area contributed by atoms with Crippen LogP contribution in [0.3, 0.4) is 0 Å². The van der Waals surface area contributed by atoms with Crippen LogP contribution in [0.2, 0.25) is 0 Å². The zero-order valence-electron chi connectivity index (χ0n) is 36.7. The lowest BCUT2D eigenvalue weighted by molar-refractivity contribution is -0.129. The van der Waals surface area contributed by atoms with Crippen molar-refractivity contribution in [2.24, 2.45) is 0 Å². The van der Waals surface area contributed by atoms with Crippen LogP contribution >= 0.6 is 0 Å². The molecule has 0 aliphatic rings. The van der Waals surface area contributed by atoms with Crippen LogP contribution in [0.1, 0.15) is 24.0 Å². The molecule has 338 valence electrons. The third-order valence-electron chi connectivity index (χ3n) is 10.6. The molecule has 2 amide bonds. The summed E-state index contributed by atoms with van der Waals surface area (Å²) in [6.07, 6.45) is 2.15. The van der Waals surface area contributed by atoms with Crippen molar-refractivity contribution in [1.29, 1.82) is 0 Å². The van der Waals surface area contributed by atoms with Crippen LogP contribution in [0.15, 0.2) is 84.9 Å². The Kier molecular flexibility index (Phi) is 22.9. The molecule has 5 rings (SSSR count). The van der Waals surface area contributed by atoms with Crippen molar-refractivity contribution >= 4 is 44.1 Å². The van der Waals surface area contributed by atoms with E-state index in [2.05, 4.69) is 70.1 Å². The predicted molar refractivity (Wildman–Crippen MR) is 243 cm³/mol.